The van der Waals surface area contributed by atoms with Gasteiger partial charge in [0.15, 0.2) is 23.4 Å². The monoisotopic (exact) mass is 556 g/mol. The molecule has 0 aliphatic carbocycles. The van der Waals surface area contributed by atoms with E-state index in [0.717, 1.165) is 0 Å². The van der Waals surface area contributed by atoms with Crippen molar-refractivity contribution < 1.29 is 31.0 Å². The van der Waals surface area contributed by atoms with Crippen LogP contribution >= 0.6 is 0 Å². The quantitative estimate of drug-likeness (QED) is 0.0740. The summed E-state index contributed by atoms with van der Waals surface area (Å²) in [6.07, 6.45) is 0. The van der Waals surface area contributed by atoms with Crippen LogP contribution in [0.15, 0.2) is 0 Å². The van der Waals surface area contributed by atoms with E-state index in [2.05, 4.69) is 39.3 Å². The van der Waals surface area contributed by atoms with E-state index in [1.54, 1.807) is 0 Å². The topological polar surface area (TPSA) is 64.6 Å². The van der Waals surface area contributed by atoms with Crippen LogP contribution in [0.25, 0.3) is 0 Å². The molecule has 206 valence electrons. The third kappa shape index (κ3) is 30.8. The van der Waals surface area contributed by atoms with Crippen LogP contribution in [0.4, 0.5) is 0 Å². The fourth-order valence-corrected chi connectivity index (χ4v) is 16.0. The van der Waals surface area contributed by atoms with Gasteiger partial charge >= 0.3 is 25.7 Å². The zero-order valence-corrected chi connectivity index (χ0v) is 23.8. The lowest BCUT2D eigenvalue weighted by Gasteiger charge is -2.32. The first kappa shape index (κ1) is 49.8. The zero-order valence-electron chi connectivity index (χ0n) is 18.8. The Hall–Kier alpha value is 0.804. The van der Waals surface area contributed by atoms with E-state index in [4.69, 9.17) is 31.0 Å². The van der Waals surface area contributed by atoms with Gasteiger partial charge in [0, 0.05) is 0 Å². The van der Waals surface area contributed by atoms with E-state index in [9.17, 15) is 0 Å². The van der Waals surface area contributed by atoms with Crippen LogP contribution < -0.4 is 0 Å². The highest BCUT2D eigenvalue weighted by atomic mass is 28.4. The highest BCUT2D eigenvalue weighted by Gasteiger charge is 2.34. The molecule has 0 unspecified atom stereocenters. The van der Waals surface area contributed by atoms with Crippen molar-refractivity contribution in [2.24, 2.45) is 0 Å². The lowest BCUT2D eigenvalue weighted by molar-refractivity contribution is -0.272. The standard InChI is InChI=1S/C14H40O7Si5.6CH4/c1-22(2,3)20-25(9,10)16-13-15-19-24(7,8)17-14-18-26(11,12)21-23(4,5)6;;;;;;/h13-14H2,1-12H3;6*1H4. The van der Waals surface area contributed by atoms with Crippen molar-refractivity contribution in [3.05, 3.63) is 0 Å². The molecule has 0 fully saturated rings. The van der Waals surface area contributed by atoms with Gasteiger partial charge in [-0.05, 0) is 78.6 Å². The first-order chi connectivity index (χ1) is 11.3. The molecule has 0 aromatic carbocycles. The Morgan fingerprint density at radius 2 is 0.688 bits per heavy atom. The second-order valence-electron chi connectivity index (χ2n) is 9.50. The van der Waals surface area contributed by atoms with Gasteiger partial charge in [-0.2, -0.15) is 0 Å². The largest absolute Gasteiger partial charge is 0.436 e. The molecule has 0 saturated carbocycles. The Labute approximate surface area is 209 Å². The molecule has 0 spiro atoms. The molecule has 12 heteroatoms. The normalized spacial score (nSPS) is 12.0. The summed E-state index contributed by atoms with van der Waals surface area (Å²) < 4.78 is 35.0. The Kier molecular flexibility index (Phi) is 29.7. The highest BCUT2D eigenvalue weighted by Crippen LogP contribution is 2.17. The summed E-state index contributed by atoms with van der Waals surface area (Å²) in [7, 11) is -10.1. The summed E-state index contributed by atoms with van der Waals surface area (Å²) in [5, 5.41) is 0. The van der Waals surface area contributed by atoms with Gasteiger partial charge in [0.25, 0.3) is 0 Å². The van der Waals surface area contributed by atoms with Gasteiger partial charge in [-0.15, -0.1) is 0 Å². The minimum atomic E-state index is -2.47. The molecule has 0 bridgehead atoms. The Morgan fingerprint density at radius 1 is 0.406 bits per heavy atom. The Morgan fingerprint density at radius 3 is 1.00 bits per heavy atom. The van der Waals surface area contributed by atoms with Crippen molar-refractivity contribution in [2.45, 2.75) is 123 Å². The van der Waals surface area contributed by atoms with Gasteiger partial charge in [0.05, 0.1) is 0 Å². The molecule has 0 radical (unpaired) electrons. The van der Waals surface area contributed by atoms with E-state index >= 15 is 0 Å². The molecule has 0 aliphatic rings. The third-order valence-corrected chi connectivity index (χ3v) is 14.4. The van der Waals surface area contributed by atoms with E-state index in [0.29, 0.717) is 0 Å². The molecule has 0 aromatic heterocycles. The lowest BCUT2D eigenvalue weighted by Crippen LogP contribution is -2.47. The second-order valence-corrected chi connectivity index (χ2v) is 29.0. The molecule has 32 heavy (non-hydrogen) atoms. The van der Waals surface area contributed by atoms with Crippen molar-refractivity contribution in [2.75, 3.05) is 13.6 Å². The van der Waals surface area contributed by atoms with Crippen molar-refractivity contribution in [3.63, 3.8) is 0 Å². The van der Waals surface area contributed by atoms with Crippen LogP contribution in [0.2, 0.25) is 78.6 Å². The number of rotatable bonds is 13. The molecule has 0 saturated heterocycles. The molecular weight excluding hydrogens is 493 g/mol. The molecule has 0 amide bonds. The highest BCUT2D eigenvalue weighted by molar-refractivity contribution is 6.82. The average molecular weight is 557 g/mol. The molecular formula is C20H64O7Si5. The molecule has 0 heterocycles. The average Bonchev–Trinajstić information content (AvgIpc) is 2.27. The first-order valence-corrected chi connectivity index (χ1v) is 24.2. The fraction of sp³-hybridized carbons (Fsp3) is 1.00. The summed E-state index contributed by atoms with van der Waals surface area (Å²) in [5.74, 6) is 0. The van der Waals surface area contributed by atoms with Crippen molar-refractivity contribution in [1.29, 1.82) is 0 Å². The summed E-state index contributed by atoms with van der Waals surface area (Å²) in [6, 6.07) is 0. The smallest absolute Gasteiger partial charge is 0.370 e. The molecule has 0 aromatic rings. The number of hydrogen-bond donors (Lipinski definition) is 0. The Bertz CT molecular complexity index is 424. The van der Waals surface area contributed by atoms with E-state index in [-0.39, 0.29) is 58.1 Å². The minimum Gasteiger partial charge on any atom is -0.436 e. The maximum Gasteiger partial charge on any atom is 0.370 e. The predicted molar refractivity (Wildman–Crippen MR) is 157 cm³/mol. The van der Waals surface area contributed by atoms with Crippen LogP contribution in [0, 0.1) is 0 Å². The zero-order chi connectivity index (χ0) is 20.9. The molecule has 0 atom stereocenters. The van der Waals surface area contributed by atoms with Gasteiger partial charge in [0.2, 0.25) is 0 Å². The van der Waals surface area contributed by atoms with Crippen molar-refractivity contribution in [1.82, 2.24) is 0 Å². The molecule has 0 N–H and O–H groups in total. The molecule has 0 rings (SSSR count). The van der Waals surface area contributed by atoms with E-state index < -0.39 is 42.3 Å². The van der Waals surface area contributed by atoms with Crippen LogP contribution in [-0.4, -0.2) is 55.9 Å². The van der Waals surface area contributed by atoms with Crippen LogP contribution in [-0.2, 0) is 31.0 Å². The van der Waals surface area contributed by atoms with E-state index in [1.165, 1.54) is 0 Å². The SMILES string of the molecule is C.C.C.C.C.C.C[Si](C)(C)O[Si](C)(C)OCOO[Si](C)(C)OCO[Si](C)(C)O[Si](C)(C)C. The van der Waals surface area contributed by atoms with Crippen molar-refractivity contribution in [3.8, 4) is 0 Å². The third-order valence-electron chi connectivity index (χ3n) is 2.63. The summed E-state index contributed by atoms with van der Waals surface area (Å²) in [4.78, 5) is 5.23. The van der Waals surface area contributed by atoms with Gasteiger partial charge in [-0.3, -0.25) is 0 Å². The van der Waals surface area contributed by atoms with Crippen LogP contribution in [0.1, 0.15) is 44.6 Å². The first-order valence-electron chi connectivity index (χ1n) is 8.95. The number of hydrogen-bond acceptors (Lipinski definition) is 7. The summed E-state index contributed by atoms with van der Waals surface area (Å²) in [6.45, 7) is 24.9. The summed E-state index contributed by atoms with van der Waals surface area (Å²) in [5.41, 5.74) is 0. The Balaban J connectivity index is -0.000000208. The van der Waals surface area contributed by atoms with Gasteiger partial charge in [-0.25, -0.2) is 9.46 Å². The van der Waals surface area contributed by atoms with Crippen LogP contribution in [0.5, 0.6) is 0 Å². The maximum absolute atomic E-state index is 6.11. The van der Waals surface area contributed by atoms with Crippen molar-refractivity contribution >= 4 is 42.3 Å². The van der Waals surface area contributed by atoms with E-state index in [1.807, 2.05) is 39.3 Å². The second kappa shape index (κ2) is 19.0. The fourth-order valence-electron chi connectivity index (χ4n) is 2.20. The summed E-state index contributed by atoms with van der Waals surface area (Å²) >= 11 is 0. The molecule has 0 aliphatic heterocycles. The predicted octanol–water partition coefficient (Wildman–Crippen LogP) is 8.52. The van der Waals surface area contributed by atoms with Crippen LogP contribution in [0.3, 0.4) is 0 Å². The van der Waals surface area contributed by atoms with Gasteiger partial charge < -0.3 is 21.5 Å². The minimum absolute atomic E-state index is 0. The van der Waals surface area contributed by atoms with Gasteiger partial charge in [0.1, 0.15) is 6.79 Å². The lowest BCUT2D eigenvalue weighted by atomic mass is 11.5. The van der Waals surface area contributed by atoms with Gasteiger partial charge in [-0.1, -0.05) is 44.6 Å². The molecule has 7 nitrogen and oxygen atoms in total. The maximum atomic E-state index is 6.11.